The highest BCUT2D eigenvalue weighted by Gasteiger charge is 2.04. The van der Waals surface area contributed by atoms with Gasteiger partial charge in [0.2, 0.25) is 5.43 Å². The molecular weight excluding hydrogens is 308 g/mol. The van der Waals surface area contributed by atoms with Gasteiger partial charge in [-0.15, -0.1) is 0 Å². The molecule has 0 amide bonds. The SMILES string of the molecule is O=c1ccc(C#Cc2c3ccccc3cc3ccccc23)ccc1O. The van der Waals surface area contributed by atoms with Crippen LogP contribution in [-0.4, -0.2) is 5.11 Å². The van der Waals surface area contributed by atoms with Crippen LogP contribution in [0.5, 0.6) is 5.75 Å². The maximum Gasteiger partial charge on any atom is 0.220 e. The topological polar surface area (TPSA) is 37.3 Å². The Morgan fingerprint density at radius 1 is 0.680 bits per heavy atom. The highest BCUT2D eigenvalue weighted by molar-refractivity contribution is 6.04. The van der Waals surface area contributed by atoms with Crippen molar-refractivity contribution in [2.24, 2.45) is 0 Å². The van der Waals surface area contributed by atoms with Crippen LogP contribution in [0.25, 0.3) is 21.5 Å². The van der Waals surface area contributed by atoms with E-state index in [4.69, 9.17) is 0 Å². The van der Waals surface area contributed by atoms with Crippen LogP contribution in [-0.2, 0) is 0 Å². The molecule has 118 valence electrons. The Morgan fingerprint density at radius 2 is 1.28 bits per heavy atom. The fraction of sp³-hybridized carbons (Fsp3) is 0. The van der Waals surface area contributed by atoms with Gasteiger partial charge in [0.05, 0.1) is 0 Å². The first-order valence-electron chi connectivity index (χ1n) is 7.98. The van der Waals surface area contributed by atoms with Gasteiger partial charge in [-0.05, 0) is 51.9 Å². The van der Waals surface area contributed by atoms with Gasteiger partial charge in [0.15, 0.2) is 5.75 Å². The van der Waals surface area contributed by atoms with E-state index in [0.717, 1.165) is 27.1 Å². The average Bonchev–Trinajstić information content (AvgIpc) is 2.80. The van der Waals surface area contributed by atoms with E-state index in [9.17, 15) is 9.90 Å². The number of hydrogen-bond donors (Lipinski definition) is 1. The van der Waals surface area contributed by atoms with Crippen LogP contribution < -0.4 is 5.43 Å². The molecule has 0 atom stereocenters. The van der Waals surface area contributed by atoms with Crippen molar-refractivity contribution >= 4 is 21.5 Å². The first-order chi connectivity index (χ1) is 12.2. The molecule has 0 spiro atoms. The summed E-state index contributed by atoms with van der Waals surface area (Å²) in [4.78, 5) is 11.5. The predicted octanol–water partition coefficient (Wildman–Crippen LogP) is 4.46. The first-order valence-corrected chi connectivity index (χ1v) is 7.98. The smallest absolute Gasteiger partial charge is 0.220 e. The number of aromatic hydroxyl groups is 1. The lowest BCUT2D eigenvalue weighted by Crippen LogP contribution is -1.91. The minimum atomic E-state index is -0.413. The van der Waals surface area contributed by atoms with Crippen LogP contribution in [0.2, 0.25) is 0 Å². The Balaban J connectivity index is 1.98. The van der Waals surface area contributed by atoms with Crippen molar-refractivity contribution in [3.8, 4) is 17.6 Å². The lowest BCUT2D eigenvalue weighted by Gasteiger charge is -2.06. The minimum absolute atomic E-state index is 0.274. The lowest BCUT2D eigenvalue weighted by molar-refractivity contribution is 0.471. The molecule has 0 fully saturated rings. The van der Waals surface area contributed by atoms with Gasteiger partial charge in [-0.3, -0.25) is 4.79 Å². The molecular formula is C23H14O2. The van der Waals surface area contributed by atoms with E-state index in [1.165, 1.54) is 12.1 Å². The maximum atomic E-state index is 11.5. The van der Waals surface area contributed by atoms with Gasteiger partial charge >= 0.3 is 0 Å². The minimum Gasteiger partial charge on any atom is -0.504 e. The molecule has 2 nitrogen and oxygen atoms in total. The molecule has 2 heteroatoms. The molecule has 0 aromatic heterocycles. The lowest BCUT2D eigenvalue weighted by atomic mass is 9.97. The molecule has 0 bridgehead atoms. The molecule has 0 aliphatic heterocycles. The van der Waals surface area contributed by atoms with E-state index in [2.05, 4.69) is 42.2 Å². The zero-order chi connectivity index (χ0) is 17.2. The van der Waals surface area contributed by atoms with Gasteiger partial charge < -0.3 is 5.11 Å². The molecule has 25 heavy (non-hydrogen) atoms. The second-order valence-corrected chi connectivity index (χ2v) is 5.82. The van der Waals surface area contributed by atoms with Crippen LogP contribution in [0.1, 0.15) is 11.1 Å². The van der Waals surface area contributed by atoms with Gasteiger partial charge in [0.25, 0.3) is 0 Å². The molecule has 4 aromatic carbocycles. The largest absolute Gasteiger partial charge is 0.504 e. The third-order valence-corrected chi connectivity index (χ3v) is 4.19. The fourth-order valence-corrected chi connectivity index (χ4v) is 2.92. The summed E-state index contributed by atoms with van der Waals surface area (Å²) in [5.74, 6) is 6.11. The van der Waals surface area contributed by atoms with Crippen molar-refractivity contribution in [1.82, 2.24) is 0 Å². The number of fused-ring (bicyclic) bond motifs is 2. The van der Waals surface area contributed by atoms with Crippen LogP contribution in [0.15, 0.2) is 83.7 Å². The van der Waals surface area contributed by atoms with Crippen molar-refractivity contribution < 1.29 is 5.11 Å². The number of benzene rings is 3. The summed E-state index contributed by atoms with van der Waals surface area (Å²) in [5, 5.41) is 14.0. The summed E-state index contributed by atoms with van der Waals surface area (Å²) >= 11 is 0. The van der Waals surface area contributed by atoms with E-state index in [0.29, 0.717) is 5.56 Å². The zero-order valence-electron chi connectivity index (χ0n) is 13.4. The fourth-order valence-electron chi connectivity index (χ4n) is 2.92. The Morgan fingerprint density at radius 3 is 1.96 bits per heavy atom. The van der Waals surface area contributed by atoms with Gasteiger partial charge in [-0.1, -0.05) is 60.4 Å². The molecule has 0 heterocycles. The Hall–Kier alpha value is -3.57. The Kier molecular flexibility index (Phi) is 3.68. The molecule has 0 radical (unpaired) electrons. The van der Waals surface area contributed by atoms with E-state index >= 15 is 0 Å². The third-order valence-electron chi connectivity index (χ3n) is 4.19. The third kappa shape index (κ3) is 2.84. The highest BCUT2D eigenvalue weighted by atomic mass is 16.3. The number of hydrogen-bond acceptors (Lipinski definition) is 2. The van der Waals surface area contributed by atoms with Crippen LogP contribution in [0.3, 0.4) is 0 Å². The molecule has 4 rings (SSSR count). The monoisotopic (exact) mass is 322 g/mol. The van der Waals surface area contributed by atoms with Gasteiger partial charge in [0.1, 0.15) is 0 Å². The second-order valence-electron chi connectivity index (χ2n) is 5.82. The van der Waals surface area contributed by atoms with E-state index in [-0.39, 0.29) is 5.75 Å². The highest BCUT2D eigenvalue weighted by Crippen LogP contribution is 2.27. The second kappa shape index (κ2) is 6.14. The Bertz CT molecular complexity index is 1170. The summed E-state index contributed by atoms with van der Waals surface area (Å²) in [5.41, 5.74) is 1.23. The van der Waals surface area contributed by atoms with Gasteiger partial charge in [-0.25, -0.2) is 0 Å². The van der Waals surface area contributed by atoms with Crippen molar-refractivity contribution in [1.29, 1.82) is 0 Å². The summed E-state index contributed by atoms with van der Waals surface area (Å²) in [6, 6.07) is 24.5. The van der Waals surface area contributed by atoms with Gasteiger partial charge in [0, 0.05) is 11.1 Å². The van der Waals surface area contributed by atoms with E-state index in [1.54, 1.807) is 12.1 Å². The van der Waals surface area contributed by atoms with Crippen molar-refractivity contribution in [3.05, 3.63) is 100 Å². The summed E-state index contributed by atoms with van der Waals surface area (Å²) < 4.78 is 0. The van der Waals surface area contributed by atoms with Crippen LogP contribution in [0, 0.1) is 11.8 Å². The van der Waals surface area contributed by atoms with Crippen molar-refractivity contribution in [2.45, 2.75) is 0 Å². The molecule has 0 saturated carbocycles. The first kappa shape index (κ1) is 15.0. The predicted molar refractivity (Wildman–Crippen MR) is 102 cm³/mol. The molecule has 4 aromatic rings. The standard InChI is InChI=1S/C23H14O2/c24-22-13-10-16(11-14-23(22)25)9-12-21-19-7-3-1-5-17(19)15-18-6-2-4-8-20(18)21/h1-8,10-11,13-15H,(H,24,25). The van der Waals surface area contributed by atoms with E-state index < -0.39 is 5.43 Å². The maximum absolute atomic E-state index is 11.5. The molecule has 0 aliphatic carbocycles. The summed E-state index contributed by atoms with van der Waals surface area (Å²) in [7, 11) is 0. The quantitative estimate of drug-likeness (QED) is 0.383. The number of rotatable bonds is 0. The molecule has 1 N–H and O–H groups in total. The van der Waals surface area contributed by atoms with Crippen molar-refractivity contribution in [3.63, 3.8) is 0 Å². The summed E-state index contributed by atoms with van der Waals surface area (Å²) in [6.07, 6.45) is 0. The summed E-state index contributed by atoms with van der Waals surface area (Å²) in [6.45, 7) is 0. The Labute approximate surface area is 145 Å². The molecule has 0 unspecified atom stereocenters. The van der Waals surface area contributed by atoms with E-state index in [1.807, 2.05) is 24.3 Å². The molecule has 0 saturated heterocycles. The zero-order valence-corrected chi connectivity index (χ0v) is 13.4. The van der Waals surface area contributed by atoms with Gasteiger partial charge in [-0.2, -0.15) is 0 Å². The van der Waals surface area contributed by atoms with Crippen molar-refractivity contribution in [2.75, 3.05) is 0 Å². The van der Waals surface area contributed by atoms with Crippen LogP contribution >= 0.6 is 0 Å². The average molecular weight is 322 g/mol. The molecule has 0 aliphatic rings. The normalized spacial score (nSPS) is 10.4. The van der Waals surface area contributed by atoms with Crippen LogP contribution in [0.4, 0.5) is 0 Å².